The van der Waals surface area contributed by atoms with E-state index < -0.39 is 14.1 Å². The van der Waals surface area contributed by atoms with Crippen molar-refractivity contribution in [3.05, 3.63) is 78.5 Å². The normalized spacial score (nSPS) is 24.8. The predicted octanol–water partition coefficient (Wildman–Crippen LogP) is 4.58. The Balaban J connectivity index is 1.38. The monoisotopic (exact) mass is 628 g/mol. The van der Waals surface area contributed by atoms with Gasteiger partial charge in [-0.2, -0.15) is 0 Å². The third kappa shape index (κ3) is 4.68. The predicted molar refractivity (Wildman–Crippen MR) is 156 cm³/mol. The molecule has 0 radical (unpaired) electrons. The van der Waals surface area contributed by atoms with Crippen molar-refractivity contribution in [3.63, 3.8) is 0 Å². The van der Waals surface area contributed by atoms with E-state index in [0.29, 0.717) is 17.4 Å². The number of imidazole rings is 1. The number of fused-ring (bicyclic) bond motifs is 2. The van der Waals surface area contributed by atoms with Crippen molar-refractivity contribution in [1.82, 2.24) is 19.5 Å². The van der Waals surface area contributed by atoms with Crippen LogP contribution in [0, 0.1) is 0 Å². The van der Waals surface area contributed by atoms with E-state index in [0.717, 1.165) is 5.52 Å². The van der Waals surface area contributed by atoms with E-state index in [2.05, 4.69) is 101 Å². The van der Waals surface area contributed by atoms with Crippen molar-refractivity contribution in [3.8, 4) is 0 Å². The molecule has 4 aromatic rings. The summed E-state index contributed by atoms with van der Waals surface area (Å²) in [5.74, 6) is -0.684. The molecule has 2 aromatic carbocycles. The number of rotatable bonds is 6. The van der Waals surface area contributed by atoms with Gasteiger partial charge in [-0.25, -0.2) is 0 Å². The van der Waals surface area contributed by atoms with E-state index in [4.69, 9.17) is 25.5 Å². The summed E-state index contributed by atoms with van der Waals surface area (Å²) in [6.45, 7) is 11.5. The second-order valence-electron chi connectivity index (χ2n) is 11.6. The number of hydrogen-bond acceptors (Lipinski definition) is 6. The number of halogens is 1. The van der Waals surface area contributed by atoms with Gasteiger partial charge in [0.25, 0.3) is 0 Å². The Labute approximate surface area is 241 Å². The Morgan fingerprint density at radius 2 is 1.56 bits per heavy atom. The van der Waals surface area contributed by atoms with Crippen LogP contribution in [0.25, 0.3) is 11.2 Å². The molecule has 0 spiro atoms. The summed E-state index contributed by atoms with van der Waals surface area (Å²) in [6, 6.07) is 21.5. The summed E-state index contributed by atoms with van der Waals surface area (Å²) in [4.78, 5) is 13.3. The van der Waals surface area contributed by atoms with Gasteiger partial charge in [-0.3, -0.25) is 0 Å². The first-order valence-electron chi connectivity index (χ1n) is 13.2. The van der Waals surface area contributed by atoms with Gasteiger partial charge in [0.15, 0.2) is 0 Å². The van der Waals surface area contributed by atoms with Crippen LogP contribution in [0.2, 0.25) is 15.0 Å². The van der Waals surface area contributed by atoms with Crippen LogP contribution in [-0.2, 0) is 13.9 Å². The number of aromatic nitrogens is 4. The van der Waals surface area contributed by atoms with Crippen LogP contribution in [0.5, 0.6) is 0 Å². The SMILES string of the molecule is CC1(C)O[C@@H]2[C@H](O1)[C@@H](CO[Si](c1ccccc1)(c1ccccc1)C(C)(C)C)[Se][C@@H]2n1cnc2ncnc(Cl)c21. The molecule has 4 heterocycles. The summed E-state index contributed by atoms with van der Waals surface area (Å²) in [5, 5.41) is 2.85. The summed E-state index contributed by atoms with van der Waals surface area (Å²) in [7, 11) is -2.68. The average Bonchev–Trinajstić information content (AvgIpc) is 3.56. The topological polar surface area (TPSA) is 71.3 Å². The quantitative estimate of drug-likeness (QED) is 0.230. The van der Waals surface area contributed by atoms with Gasteiger partial charge in [-0.05, 0) is 0 Å². The number of nitrogens with zero attached hydrogens (tertiary/aromatic N) is 4. The first-order valence-corrected chi connectivity index (χ1v) is 17.5. The summed E-state index contributed by atoms with van der Waals surface area (Å²) >= 11 is 6.60. The molecule has 4 atom stereocenters. The zero-order valence-corrected chi connectivity index (χ0v) is 26.2. The Kier molecular flexibility index (Phi) is 6.99. The molecule has 2 aliphatic heterocycles. The molecular formula is C29H33ClN4O3SeSi. The van der Waals surface area contributed by atoms with Crippen molar-refractivity contribution < 1.29 is 13.9 Å². The Morgan fingerprint density at radius 3 is 2.18 bits per heavy atom. The van der Waals surface area contributed by atoms with Crippen LogP contribution in [0.4, 0.5) is 0 Å². The van der Waals surface area contributed by atoms with E-state index in [9.17, 15) is 0 Å². The van der Waals surface area contributed by atoms with E-state index >= 15 is 0 Å². The molecular weight excluding hydrogens is 595 g/mol. The Morgan fingerprint density at radius 1 is 0.949 bits per heavy atom. The van der Waals surface area contributed by atoms with Crippen molar-refractivity contribution >= 4 is 56.4 Å². The summed E-state index contributed by atoms with van der Waals surface area (Å²) in [6.07, 6.45) is 3.03. The minimum atomic E-state index is -2.68. The van der Waals surface area contributed by atoms with Gasteiger partial charge in [0.2, 0.25) is 0 Å². The molecule has 0 aliphatic carbocycles. The van der Waals surface area contributed by atoms with E-state index in [1.165, 1.54) is 16.7 Å². The molecule has 2 fully saturated rings. The van der Waals surface area contributed by atoms with Crippen LogP contribution in [0.3, 0.4) is 0 Å². The van der Waals surface area contributed by atoms with Crippen LogP contribution >= 0.6 is 11.6 Å². The first-order chi connectivity index (χ1) is 18.6. The third-order valence-electron chi connectivity index (χ3n) is 7.60. The van der Waals surface area contributed by atoms with Crippen LogP contribution < -0.4 is 10.4 Å². The van der Waals surface area contributed by atoms with Crippen molar-refractivity contribution in [2.24, 2.45) is 0 Å². The van der Waals surface area contributed by atoms with E-state index in [-0.39, 0.29) is 42.0 Å². The maximum absolute atomic E-state index is 7.35. The average molecular weight is 628 g/mol. The van der Waals surface area contributed by atoms with Crippen molar-refractivity contribution in [2.45, 2.75) is 67.4 Å². The number of benzene rings is 2. The molecule has 10 heteroatoms. The van der Waals surface area contributed by atoms with Gasteiger partial charge < -0.3 is 0 Å². The van der Waals surface area contributed by atoms with Crippen LogP contribution in [0.1, 0.15) is 39.6 Å². The zero-order valence-electron chi connectivity index (χ0n) is 22.7. The Hall–Kier alpha value is -2.10. The van der Waals surface area contributed by atoms with E-state index in [1.807, 2.05) is 20.2 Å². The molecule has 0 N–H and O–H groups in total. The molecule has 2 aromatic heterocycles. The molecule has 0 amide bonds. The molecule has 0 unspecified atom stereocenters. The van der Waals surface area contributed by atoms with Crippen LogP contribution in [-0.4, -0.2) is 67.4 Å². The third-order valence-corrected chi connectivity index (χ3v) is 16.1. The van der Waals surface area contributed by atoms with Gasteiger partial charge in [0.1, 0.15) is 0 Å². The van der Waals surface area contributed by atoms with Gasteiger partial charge in [-0.15, -0.1) is 0 Å². The molecule has 7 nitrogen and oxygen atoms in total. The molecule has 2 aliphatic rings. The molecule has 0 saturated carbocycles. The van der Waals surface area contributed by atoms with Crippen molar-refractivity contribution in [1.29, 1.82) is 0 Å². The molecule has 0 bridgehead atoms. The molecule has 6 rings (SSSR count). The van der Waals surface area contributed by atoms with E-state index in [1.54, 1.807) is 0 Å². The zero-order chi connectivity index (χ0) is 27.4. The molecule has 2 saturated heterocycles. The fraction of sp³-hybridized carbons (Fsp3) is 0.414. The standard InChI is InChI=1S/C29H33ClN4O3SeSi/c1-28(2,3)39(19-12-8-6-9-13-19,20-14-10-7-11-15-20)35-16-21-23-24(37-29(4,5)36-23)27(38-21)34-18-33-26-22(34)25(30)31-17-32-26/h6-15,17-18,21,23-24,27H,16H2,1-5H3/t21-,23-,24-,27+/m1/s1. The summed E-state index contributed by atoms with van der Waals surface area (Å²) < 4.78 is 22.5. The van der Waals surface area contributed by atoms with Gasteiger partial charge in [0.05, 0.1) is 0 Å². The molecule has 204 valence electrons. The summed E-state index contributed by atoms with van der Waals surface area (Å²) in [5.41, 5.74) is 1.33. The van der Waals surface area contributed by atoms with Crippen molar-refractivity contribution in [2.75, 3.05) is 6.61 Å². The number of ether oxygens (including phenoxy) is 2. The fourth-order valence-corrected chi connectivity index (χ4v) is 14.3. The van der Waals surface area contributed by atoms with Gasteiger partial charge in [-0.1, -0.05) is 0 Å². The number of hydrogen-bond donors (Lipinski definition) is 0. The van der Waals surface area contributed by atoms with Crippen LogP contribution in [0.15, 0.2) is 73.3 Å². The molecule has 39 heavy (non-hydrogen) atoms. The van der Waals surface area contributed by atoms with Gasteiger partial charge >= 0.3 is 242 Å². The Bertz CT molecular complexity index is 1420. The maximum atomic E-state index is 7.35. The second-order valence-corrected chi connectivity index (χ2v) is 19.1. The minimum absolute atomic E-state index is 0.0329. The fourth-order valence-electron chi connectivity index (χ4n) is 6.02. The second kappa shape index (κ2) is 10.1. The first kappa shape index (κ1) is 27.1. The van der Waals surface area contributed by atoms with Gasteiger partial charge in [0, 0.05) is 0 Å².